The zero-order valence-electron chi connectivity index (χ0n) is 6.61. The van der Waals surface area contributed by atoms with Crippen LogP contribution in [0.5, 0.6) is 0 Å². The van der Waals surface area contributed by atoms with E-state index in [-0.39, 0.29) is 18.2 Å². The molecule has 0 bridgehead atoms. The van der Waals surface area contributed by atoms with E-state index in [4.69, 9.17) is 5.73 Å². The minimum Gasteiger partial charge on any atom is -0.466 e. The summed E-state index contributed by atoms with van der Waals surface area (Å²) in [5, 5.41) is 6.74. The van der Waals surface area contributed by atoms with E-state index in [0.717, 1.165) is 0 Å². The number of anilines is 1. The summed E-state index contributed by atoms with van der Waals surface area (Å²) in [5.74, 6) is -0.261. The van der Waals surface area contributed by atoms with Crippen molar-refractivity contribution < 1.29 is 14.2 Å². The Kier molecular flexibility index (Phi) is 2.62. The number of nitrogen functional groups attached to an aromatic ring is 1. The Hall–Kier alpha value is -1.59. The van der Waals surface area contributed by atoms with E-state index in [1.54, 1.807) is 6.92 Å². The Morgan fingerprint density at radius 1 is 1.67 bits per heavy atom. The number of esters is 1. The summed E-state index contributed by atoms with van der Waals surface area (Å²) in [4.78, 5) is 10.9. The molecule has 0 aliphatic carbocycles. The van der Waals surface area contributed by atoms with Gasteiger partial charge in [-0.15, -0.1) is 0 Å². The van der Waals surface area contributed by atoms with Gasteiger partial charge in [0.1, 0.15) is 5.69 Å². The Bertz CT molecular complexity index is 271. The molecule has 0 spiro atoms. The number of carbonyl (C=O) groups excluding carboxylic acids is 1. The third kappa shape index (κ3) is 1.94. The summed E-state index contributed by atoms with van der Waals surface area (Å²) in [5.41, 5.74) is 5.62. The van der Waals surface area contributed by atoms with E-state index in [9.17, 15) is 4.79 Å². The van der Waals surface area contributed by atoms with Crippen molar-refractivity contribution >= 4 is 11.8 Å². The fourth-order valence-corrected chi connectivity index (χ4v) is 0.685. The molecule has 0 atom stereocenters. The maximum atomic E-state index is 10.9. The Morgan fingerprint density at radius 2 is 2.42 bits per heavy atom. The van der Waals surface area contributed by atoms with Crippen LogP contribution in [-0.4, -0.2) is 22.9 Å². The van der Waals surface area contributed by atoms with Gasteiger partial charge in [-0.05, 0) is 12.1 Å². The Labute approximate surface area is 68.6 Å². The van der Waals surface area contributed by atoms with Gasteiger partial charge in [0.2, 0.25) is 0 Å². The lowest BCUT2D eigenvalue weighted by Gasteiger charge is -1.97. The first-order valence-corrected chi connectivity index (χ1v) is 3.46. The van der Waals surface area contributed by atoms with Gasteiger partial charge in [-0.3, -0.25) is 4.79 Å². The molecule has 0 amide bonds. The normalized spacial score (nSPS) is 9.75. The topological polar surface area (TPSA) is 91.2 Å². The summed E-state index contributed by atoms with van der Waals surface area (Å²) in [6, 6.07) is 0. The van der Waals surface area contributed by atoms with Gasteiger partial charge >= 0.3 is 5.97 Å². The van der Waals surface area contributed by atoms with Crippen molar-refractivity contribution in [3.8, 4) is 0 Å². The molecule has 2 N–H and O–H groups in total. The largest absolute Gasteiger partial charge is 0.466 e. The van der Waals surface area contributed by atoms with E-state index in [1.165, 1.54) is 0 Å². The van der Waals surface area contributed by atoms with Crippen LogP contribution < -0.4 is 5.73 Å². The standard InChI is InChI=1S/C6H9N3O3/c1-2-11-5(10)3-4-6(7)9-12-8-4/h2-3H2,1H3,(H2,7,9). The first kappa shape index (κ1) is 8.51. The Morgan fingerprint density at radius 3 is 2.92 bits per heavy atom. The van der Waals surface area contributed by atoms with Gasteiger partial charge in [0.15, 0.2) is 5.82 Å². The number of aromatic nitrogens is 2. The number of hydrogen-bond donors (Lipinski definition) is 1. The predicted molar refractivity (Wildman–Crippen MR) is 39.0 cm³/mol. The number of hydrogen-bond acceptors (Lipinski definition) is 6. The van der Waals surface area contributed by atoms with Crippen LogP contribution in [0.25, 0.3) is 0 Å². The maximum absolute atomic E-state index is 10.9. The molecule has 66 valence electrons. The van der Waals surface area contributed by atoms with Gasteiger partial charge < -0.3 is 10.5 Å². The summed E-state index contributed by atoms with van der Waals surface area (Å²) in [6.07, 6.45) is 0.00315. The van der Waals surface area contributed by atoms with Crippen LogP contribution in [0.4, 0.5) is 5.82 Å². The monoisotopic (exact) mass is 171 g/mol. The molecule has 1 aromatic heterocycles. The molecule has 0 aliphatic rings. The van der Waals surface area contributed by atoms with Crippen LogP contribution in [0.15, 0.2) is 4.63 Å². The fourth-order valence-electron chi connectivity index (χ4n) is 0.685. The molecular formula is C6H9N3O3. The van der Waals surface area contributed by atoms with E-state index < -0.39 is 0 Å². The van der Waals surface area contributed by atoms with Crippen molar-refractivity contribution in [2.45, 2.75) is 13.3 Å². The van der Waals surface area contributed by atoms with E-state index in [2.05, 4.69) is 19.7 Å². The predicted octanol–water partition coefficient (Wildman–Crippen LogP) is -0.243. The van der Waals surface area contributed by atoms with E-state index >= 15 is 0 Å². The van der Waals surface area contributed by atoms with Gasteiger partial charge in [-0.2, -0.15) is 0 Å². The maximum Gasteiger partial charge on any atom is 0.312 e. The molecule has 0 saturated heterocycles. The second-order valence-corrected chi connectivity index (χ2v) is 2.08. The molecule has 0 aliphatic heterocycles. The number of ether oxygens (including phenoxy) is 1. The minimum atomic E-state index is -0.389. The molecule has 1 aromatic rings. The second-order valence-electron chi connectivity index (χ2n) is 2.08. The van der Waals surface area contributed by atoms with Crippen LogP contribution in [0.2, 0.25) is 0 Å². The lowest BCUT2D eigenvalue weighted by atomic mass is 10.3. The highest BCUT2D eigenvalue weighted by molar-refractivity contribution is 5.73. The van der Waals surface area contributed by atoms with Crippen molar-refractivity contribution in [1.29, 1.82) is 0 Å². The average Bonchev–Trinajstić information content (AvgIpc) is 2.37. The van der Waals surface area contributed by atoms with Crippen molar-refractivity contribution in [3.63, 3.8) is 0 Å². The molecule has 0 aromatic carbocycles. The molecule has 1 heterocycles. The molecule has 0 fully saturated rings. The van der Waals surface area contributed by atoms with Crippen LogP contribution >= 0.6 is 0 Å². The summed E-state index contributed by atoms with van der Waals surface area (Å²) in [7, 11) is 0. The SMILES string of the molecule is CCOC(=O)Cc1nonc1N. The van der Waals surface area contributed by atoms with Crippen LogP contribution in [0, 0.1) is 0 Å². The highest BCUT2D eigenvalue weighted by Crippen LogP contribution is 2.05. The molecular weight excluding hydrogens is 162 g/mol. The highest BCUT2D eigenvalue weighted by atomic mass is 16.6. The molecule has 0 unspecified atom stereocenters. The van der Waals surface area contributed by atoms with Gasteiger partial charge in [-0.1, -0.05) is 5.16 Å². The molecule has 6 nitrogen and oxygen atoms in total. The molecule has 0 radical (unpaired) electrons. The van der Waals surface area contributed by atoms with Crippen LogP contribution in [0.3, 0.4) is 0 Å². The number of nitrogens with two attached hydrogens (primary N) is 1. The van der Waals surface area contributed by atoms with Crippen molar-refractivity contribution in [2.75, 3.05) is 12.3 Å². The third-order valence-corrected chi connectivity index (χ3v) is 1.20. The van der Waals surface area contributed by atoms with Crippen LogP contribution in [0.1, 0.15) is 12.6 Å². The van der Waals surface area contributed by atoms with Gasteiger partial charge in [0.25, 0.3) is 0 Å². The molecule has 12 heavy (non-hydrogen) atoms. The smallest absolute Gasteiger partial charge is 0.312 e. The van der Waals surface area contributed by atoms with E-state index in [0.29, 0.717) is 12.3 Å². The first-order chi connectivity index (χ1) is 5.74. The quantitative estimate of drug-likeness (QED) is 0.631. The zero-order valence-corrected chi connectivity index (χ0v) is 6.61. The van der Waals surface area contributed by atoms with Crippen molar-refractivity contribution in [1.82, 2.24) is 10.3 Å². The van der Waals surface area contributed by atoms with Crippen molar-refractivity contribution in [2.24, 2.45) is 0 Å². The van der Waals surface area contributed by atoms with Crippen LogP contribution in [-0.2, 0) is 16.0 Å². The number of nitrogens with zero attached hydrogens (tertiary/aromatic N) is 2. The molecule has 1 rings (SSSR count). The summed E-state index contributed by atoms with van der Waals surface area (Å²) < 4.78 is 8.96. The van der Waals surface area contributed by atoms with Gasteiger partial charge in [0.05, 0.1) is 13.0 Å². The summed E-state index contributed by atoms with van der Waals surface area (Å²) >= 11 is 0. The van der Waals surface area contributed by atoms with E-state index in [1.807, 2.05) is 0 Å². The Balaban J connectivity index is 2.52. The average molecular weight is 171 g/mol. The molecule has 0 saturated carbocycles. The summed E-state index contributed by atoms with van der Waals surface area (Å²) in [6.45, 7) is 2.06. The number of rotatable bonds is 3. The number of carbonyl (C=O) groups is 1. The minimum absolute atomic E-state index is 0.00315. The second kappa shape index (κ2) is 3.70. The lowest BCUT2D eigenvalue weighted by molar-refractivity contribution is -0.142. The fraction of sp³-hybridized carbons (Fsp3) is 0.500. The van der Waals surface area contributed by atoms with Gasteiger partial charge in [-0.25, -0.2) is 4.63 Å². The molecule has 6 heteroatoms. The third-order valence-electron chi connectivity index (χ3n) is 1.20. The highest BCUT2D eigenvalue weighted by Gasteiger charge is 2.11. The zero-order chi connectivity index (χ0) is 8.97. The first-order valence-electron chi connectivity index (χ1n) is 3.46. The lowest BCUT2D eigenvalue weighted by Crippen LogP contribution is -2.09. The van der Waals surface area contributed by atoms with Gasteiger partial charge in [0, 0.05) is 0 Å². The van der Waals surface area contributed by atoms with Crippen molar-refractivity contribution in [3.05, 3.63) is 5.69 Å².